The van der Waals surface area contributed by atoms with Gasteiger partial charge in [-0.25, -0.2) is 0 Å². The van der Waals surface area contributed by atoms with Crippen LogP contribution in [-0.4, -0.2) is 35.2 Å². The Bertz CT molecular complexity index is 476. The lowest BCUT2D eigenvalue weighted by Gasteiger charge is -2.21. The van der Waals surface area contributed by atoms with Gasteiger partial charge in [-0.3, -0.25) is 9.69 Å². The van der Waals surface area contributed by atoms with Gasteiger partial charge in [0.1, 0.15) is 11.8 Å². The van der Waals surface area contributed by atoms with E-state index in [2.05, 4.69) is 0 Å². The smallest absolute Gasteiger partial charge is 0.320 e. The minimum Gasteiger partial charge on any atom is -0.494 e. The van der Waals surface area contributed by atoms with E-state index in [1.807, 2.05) is 30.0 Å². The number of ether oxygens (including phenoxy) is 1. The molecule has 1 aliphatic rings. The van der Waals surface area contributed by atoms with Gasteiger partial charge in [-0.2, -0.15) is 0 Å². The van der Waals surface area contributed by atoms with Gasteiger partial charge in [-0.1, -0.05) is 12.1 Å². The number of rotatable bonds is 6. The largest absolute Gasteiger partial charge is 0.494 e. The van der Waals surface area contributed by atoms with Gasteiger partial charge >= 0.3 is 5.97 Å². The molecule has 1 aliphatic heterocycles. The fourth-order valence-electron chi connectivity index (χ4n) is 2.69. The Hall–Kier alpha value is -1.59. The van der Waals surface area contributed by atoms with E-state index in [9.17, 15) is 9.90 Å². The Morgan fingerprint density at radius 1 is 1.55 bits per heavy atom. The molecule has 0 bridgehead atoms. The molecule has 1 unspecified atom stereocenters. The fourth-order valence-corrected chi connectivity index (χ4v) is 2.69. The number of benzene rings is 1. The highest BCUT2D eigenvalue weighted by atomic mass is 16.5. The standard InChI is InChI=1S/C15H22N2O3/c1-2-20-14-8-11(5-6-12(14)9-16)10-17-7-3-4-13(17)15(18)19/h5-6,8,13H,2-4,7,9-10,16H2,1H3,(H,18,19). The van der Waals surface area contributed by atoms with Crippen molar-refractivity contribution in [2.45, 2.75) is 38.9 Å². The number of hydrogen-bond acceptors (Lipinski definition) is 4. The molecular formula is C15H22N2O3. The number of likely N-dealkylation sites (tertiary alicyclic amines) is 1. The number of nitrogens with zero attached hydrogens (tertiary/aromatic N) is 1. The van der Waals surface area contributed by atoms with E-state index in [1.165, 1.54) is 0 Å². The molecule has 5 nitrogen and oxygen atoms in total. The average Bonchev–Trinajstić information content (AvgIpc) is 2.88. The maximum Gasteiger partial charge on any atom is 0.320 e. The Morgan fingerprint density at radius 2 is 2.35 bits per heavy atom. The van der Waals surface area contributed by atoms with Crippen molar-refractivity contribution in [3.8, 4) is 5.75 Å². The normalized spacial score (nSPS) is 19.2. The van der Waals surface area contributed by atoms with E-state index in [0.717, 1.165) is 36.3 Å². The van der Waals surface area contributed by atoms with Crippen LogP contribution in [0.5, 0.6) is 5.75 Å². The van der Waals surface area contributed by atoms with Gasteiger partial charge in [-0.15, -0.1) is 0 Å². The highest BCUT2D eigenvalue weighted by Gasteiger charge is 2.30. The highest BCUT2D eigenvalue weighted by molar-refractivity contribution is 5.73. The molecule has 0 radical (unpaired) electrons. The van der Waals surface area contributed by atoms with E-state index in [1.54, 1.807) is 0 Å². The van der Waals surface area contributed by atoms with Crippen LogP contribution in [0.15, 0.2) is 18.2 Å². The summed E-state index contributed by atoms with van der Waals surface area (Å²) in [6.07, 6.45) is 1.67. The summed E-state index contributed by atoms with van der Waals surface area (Å²) in [7, 11) is 0. The molecule has 0 saturated carbocycles. The second kappa shape index (κ2) is 6.72. The molecule has 1 aromatic rings. The van der Waals surface area contributed by atoms with Gasteiger partial charge in [0.2, 0.25) is 0 Å². The second-order valence-electron chi connectivity index (χ2n) is 5.05. The average molecular weight is 278 g/mol. The molecular weight excluding hydrogens is 256 g/mol. The summed E-state index contributed by atoms with van der Waals surface area (Å²) >= 11 is 0. The van der Waals surface area contributed by atoms with Crippen molar-refractivity contribution in [2.75, 3.05) is 13.2 Å². The third-order valence-electron chi connectivity index (χ3n) is 3.69. The molecule has 20 heavy (non-hydrogen) atoms. The highest BCUT2D eigenvalue weighted by Crippen LogP contribution is 2.24. The molecule has 2 rings (SSSR count). The van der Waals surface area contributed by atoms with Crippen LogP contribution in [0, 0.1) is 0 Å². The lowest BCUT2D eigenvalue weighted by atomic mass is 10.1. The Balaban J connectivity index is 2.13. The zero-order chi connectivity index (χ0) is 14.5. The third-order valence-corrected chi connectivity index (χ3v) is 3.69. The number of nitrogens with two attached hydrogens (primary N) is 1. The summed E-state index contributed by atoms with van der Waals surface area (Å²) in [5.74, 6) is 0.0738. The molecule has 0 aromatic heterocycles. The van der Waals surface area contributed by atoms with Crippen molar-refractivity contribution < 1.29 is 14.6 Å². The number of carbonyl (C=O) groups is 1. The Labute approximate surface area is 119 Å². The van der Waals surface area contributed by atoms with Crippen molar-refractivity contribution in [3.05, 3.63) is 29.3 Å². The predicted molar refractivity (Wildman–Crippen MR) is 76.6 cm³/mol. The Kier molecular flexibility index (Phi) is 4.98. The first kappa shape index (κ1) is 14.8. The molecule has 5 heteroatoms. The van der Waals surface area contributed by atoms with Crippen molar-refractivity contribution >= 4 is 5.97 Å². The first-order valence-electron chi connectivity index (χ1n) is 7.07. The van der Waals surface area contributed by atoms with E-state index in [-0.39, 0.29) is 6.04 Å². The Morgan fingerprint density at radius 3 is 3.00 bits per heavy atom. The maximum absolute atomic E-state index is 11.2. The zero-order valence-corrected chi connectivity index (χ0v) is 11.8. The van der Waals surface area contributed by atoms with Crippen LogP contribution in [0.1, 0.15) is 30.9 Å². The summed E-state index contributed by atoms with van der Waals surface area (Å²) < 4.78 is 5.59. The molecule has 1 atom stereocenters. The number of carboxylic acids is 1. The molecule has 1 heterocycles. The van der Waals surface area contributed by atoms with Crippen LogP contribution >= 0.6 is 0 Å². The fraction of sp³-hybridized carbons (Fsp3) is 0.533. The molecule has 0 spiro atoms. The first-order chi connectivity index (χ1) is 9.65. The zero-order valence-electron chi connectivity index (χ0n) is 11.8. The van der Waals surface area contributed by atoms with Gasteiger partial charge < -0.3 is 15.6 Å². The van der Waals surface area contributed by atoms with Crippen LogP contribution in [0.2, 0.25) is 0 Å². The SMILES string of the molecule is CCOc1cc(CN2CCCC2C(=O)O)ccc1CN. The van der Waals surface area contributed by atoms with Gasteiger partial charge in [0.25, 0.3) is 0 Å². The molecule has 1 fully saturated rings. The first-order valence-corrected chi connectivity index (χ1v) is 7.07. The predicted octanol–water partition coefficient (Wildman–Crippen LogP) is 1.59. The lowest BCUT2D eigenvalue weighted by molar-refractivity contribution is -0.142. The van der Waals surface area contributed by atoms with E-state index >= 15 is 0 Å². The minimum absolute atomic E-state index is 0.361. The van der Waals surface area contributed by atoms with Crippen molar-refractivity contribution in [1.29, 1.82) is 0 Å². The van der Waals surface area contributed by atoms with Crippen molar-refractivity contribution in [3.63, 3.8) is 0 Å². The van der Waals surface area contributed by atoms with Crippen molar-refractivity contribution in [1.82, 2.24) is 4.90 Å². The molecule has 1 aromatic carbocycles. The monoisotopic (exact) mass is 278 g/mol. The van der Waals surface area contributed by atoms with Crippen LogP contribution in [-0.2, 0) is 17.9 Å². The molecule has 110 valence electrons. The lowest BCUT2D eigenvalue weighted by Crippen LogP contribution is -2.35. The summed E-state index contributed by atoms with van der Waals surface area (Å²) in [6, 6.07) is 5.58. The van der Waals surface area contributed by atoms with E-state index < -0.39 is 5.97 Å². The van der Waals surface area contributed by atoms with Crippen LogP contribution in [0.3, 0.4) is 0 Å². The molecule has 1 saturated heterocycles. The summed E-state index contributed by atoms with van der Waals surface area (Å²) in [5, 5.41) is 9.20. The van der Waals surface area contributed by atoms with Crippen molar-refractivity contribution in [2.24, 2.45) is 5.73 Å². The van der Waals surface area contributed by atoms with Gasteiger partial charge in [-0.05, 0) is 37.9 Å². The summed E-state index contributed by atoms with van der Waals surface area (Å²) in [5.41, 5.74) is 7.74. The van der Waals surface area contributed by atoms with Gasteiger partial charge in [0, 0.05) is 18.7 Å². The van der Waals surface area contributed by atoms with E-state index in [4.69, 9.17) is 10.5 Å². The van der Waals surface area contributed by atoms with Crippen LogP contribution in [0.4, 0.5) is 0 Å². The topological polar surface area (TPSA) is 75.8 Å². The van der Waals surface area contributed by atoms with Crippen LogP contribution in [0.25, 0.3) is 0 Å². The molecule has 3 N–H and O–H groups in total. The molecule has 0 amide bonds. The third kappa shape index (κ3) is 3.29. The van der Waals surface area contributed by atoms with Gasteiger partial charge in [0.05, 0.1) is 6.61 Å². The number of hydrogen-bond donors (Lipinski definition) is 2. The minimum atomic E-state index is -0.730. The number of aliphatic carboxylic acids is 1. The second-order valence-corrected chi connectivity index (χ2v) is 5.05. The summed E-state index contributed by atoms with van der Waals surface area (Å²) in [4.78, 5) is 13.2. The maximum atomic E-state index is 11.2. The summed E-state index contributed by atoms with van der Waals surface area (Å²) in [6.45, 7) is 4.45. The quantitative estimate of drug-likeness (QED) is 0.826. The van der Waals surface area contributed by atoms with E-state index in [0.29, 0.717) is 19.7 Å². The number of carboxylic acid groups (broad SMARTS) is 1. The molecule has 0 aliphatic carbocycles. The van der Waals surface area contributed by atoms with Crippen LogP contribution < -0.4 is 10.5 Å². The van der Waals surface area contributed by atoms with Gasteiger partial charge in [0.15, 0.2) is 0 Å².